The predicted molar refractivity (Wildman–Crippen MR) is 86.8 cm³/mol. The SMILES string of the molecule is CCCNC(CCC(C)C)c1ccc2cccnc2c1. The fraction of sp³-hybridized carbons (Fsp3) is 0.500. The van der Waals surface area contributed by atoms with E-state index in [4.69, 9.17) is 0 Å². The van der Waals surface area contributed by atoms with Gasteiger partial charge in [-0.25, -0.2) is 0 Å². The number of pyridine rings is 1. The summed E-state index contributed by atoms with van der Waals surface area (Å²) in [5, 5.41) is 4.89. The average Bonchev–Trinajstić information content (AvgIpc) is 2.46. The van der Waals surface area contributed by atoms with Crippen LogP contribution in [0.1, 0.15) is 51.6 Å². The van der Waals surface area contributed by atoms with Crippen molar-refractivity contribution < 1.29 is 0 Å². The number of fused-ring (bicyclic) bond motifs is 1. The van der Waals surface area contributed by atoms with Crippen LogP contribution in [0.3, 0.4) is 0 Å². The van der Waals surface area contributed by atoms with Crippen molar-refractivity contribution in [2.75, 3.05) is 6.54 Å². The zero-order chi connectivity index (χ0) is 14.4. The van der Waals surface area contributed by atoms with E-state index in [1.54, 1.807) is 0 Å². The number of hydrogen-bond acceptors (Lipinski definition) is 2. The van der Waals surface area contributed by atoms with Gasteiger partial charge in [0.2, 0.25) is 0 Å². The molecular weight excluding hydrogens is 244 g/mol. The van der Waals surface area contributed by atoms with Gasteiger partial charge in [-0.3, -0.25) is 4.98 Å². The summed E-state index contributed by atoms with van der Waals surface area (Å²) in [5.74, 6) is 0.750. The van der Waals surface area contributed by atoms with Crippen LogP contribution in [0.5, 0.6) is 0 Å². The van der Waals surface area contributed by atoms with E-state index in [9.17, 15) is 0 Å². The van der Waals surface area contributed by atoms with Gasteiger partial charge in [0.1, 0.15) is 0 Å². The number of nitrogens with one attached hydrogen (secondary N) is 1. The van der Waals surface area contributed by atoms with Crippen molar-refractivity contribution in [3.05, 3.63) is 42.1 Å². The topological polar surface area (TPSA) is 24.9 Å². The fourth-order valence-electron chi connectivity index (χ4n) is 2.51. The lowest BCUT2D eigenvalue weighted by molar-refractivity contribution is 0.441. The van der Waals surface area contributed by atoms with Gasteiger partial charge < -0.3 is 5.32 Å². The minimum absolute atomic E-state index is 0.448. The van der Waals surface area contributed by atoms with Gasteiger partial charge in [-0.1, -0.05) is 39.0 Å². The molecule has 0 saturated carbocycles. The van der Waals surface area contributed by atoms with Crippen LogP contribution in [-0.4, -0.2) is 11.5 Å². The van der Waals surface area contributed by atoms with E-state index >= 15 is 0 Å². The third-order valence-corrected chi connectivity index (χ3v) is 3.71. The van der Waals surface area contributed by atoms with Gasteiger partial charge in [0.15, 0.2) is 0 Å². The first-order chi connectivity index (χ1) is 9.70. The van der Waals surface area contributed by atoms with Crippen molar-refractivity contribution in [3.63, 3.8) is 0 Å². The van der Waals surface area contributed by atoms with Crippen molar-refractivity contribution in [1.29, 1.82) is 0 Å². The van der Waals surface area contributed by atoms with Gasteiger partial charge in [-0.2, -0.15) is 0 Å². The van der Waals surface area contributed by atoms with Crippen LogP contribution < -0.4 is 5.32 Å². The Labute approximate surface area is 122 Å². The maximum Gasteiger partial charge on any atom is 0.0705 e. The molecule has 2 heteroatoms. The Morgan fingerprint density at radius 3 is 2.75 bits per heavy atom. The zero-order valence-electron chi connectivity index (χ0n) is 12.9. The lowest BCUT2D eigenvalue weighted by Gasteiger charge is -2.20. The van der Waals surface area contributed by atoms with Crippen LogP contribution in [0.2, 0.25) is 0 Å². The Hall–Kier alpha value is -1.41. The molecule has 0 spiro atoms. The Balaban J connectivity index is 2.19. The largest absolute Gasteiger partial charge is 0.310 e. The van der Waals surface area contributed by atoms with E-state index in [0.29, 0.717) is 6.04 Å². The Morgan fingerprint density at radius 1 is 1.15 bits per heavy atom. The Bertz CT molecular complexity index is 534. The molecule has 20 heavy (non-hydrogen) atoms. The highest BCUT2D eigenvalue weighted by Gasteiger charge is 2.12. The minimum Gasteiger partial charge on any atom is -0.310 e. The molecule has 0 aliphatic carbocycles. The first-order valence-corrected chi connectivity index (χ1v) is 7.78. The van der Waals surface area contributed by atoms with E-state index in [1.165, 1.54) is 30.2 Å². The summed E-state index contributed by atoms with van der Waals surface area (Å²) < 4.78 is 0. The standard InChI is InChI=1S/C18H26N2/c1-4-11-19-17(10-7-14(2)3)16-9-8-15-6-5-12-20-18(15)13-16/h5-6,8-9,12-14,17,19H,4,7,10-11H2,1-3H3. The van der Waals surface area contributed by atoms with Crippen LogP contribution in [0.25, 0.3) is 10.9 Å². The molecule has 0 saturated heterocycles. The quantitative estimate of drug-likeness (QED) is 0.788. The normalized spacial score (nSPS) is 13.0. The van der Waals surface area contributed by atoms with Crippen molar-refractivity contribution in [1.82, 2.24) is 10.3 Å². The summed E-state index contributed by atoms with van der Waals surface area (Å²) in [4.78, 5) is 4.47. The predicted octanol–water partition coefficient (Wildman–Crippen LogP) is 4.71. The van der Waals surface area contributed by atoms with Crippen LogP contribution in [0, 0.1) is 5.92 Å². The molecule has 1 heterocycles. The van der Waals surface area contributed by atoms with Crippen LogP contribution in [0.15, 0.2) is 36.5 Å². The lowest BCUT2D eigenvalue weighted by atomic mass is 9.96. The molecular formula is C18H26N2. The maximum atomic E-state index is 4.47. The molecule has 0 bridgehead atoms. The molecule has 2 rings (SSSR count). The molecule has 1 aromatic carbocycles. The minimum atomic E-state index is 0.448. The highest BCUT2D eigenvalue weighted by atomic mass is 14.9. The molecule has 0 amide bonds. The number of aromatic nitrogens is 1. The first-order valence-electron chi connectivity index (χ1n) is 7.78. The third kappa shape index (κ3) is 4.04. The summed E-state index contributed by atoms with van der Waals surface area (Å²) in [7, 11) is 0. The average molecular weight is 270 g/mol. The highest BCUT2D eigenvalue weighted by Crippen LogP contribution is 2.24. The van der Waals surface area contributed by atoms with Gasteiger partial charge in [0.05, 0.1) is 5.52 Å². The van der Waals surface area contributed by atoms with E-state index in [0.717, 1.165) is 18.0 Å². The second-order valence-electron chi connectivity index (χ2n) is 5.93. The molecule has 1 unspecified atom stereocenters. The smallest absolute Gasteiger partial charge is 0.0705 e. The van der Waals surface area contributed by atoms with Crippen molar-refractivity contribution in [2.45, 2.75) is 46.1 Å². The third-order valence-electron chi connectivity index (χ3n) is 3.71. The van der Waals surface area contributed by atoms with Crippen molar-refractivity contribution in [2.24, 2.45) is 5.92 Å². The summed E-state index contributed by atoms with van der Waals surface area (Å²) in [6.45, 7) is 7.87. The molecule has 108 valence electrons. The van der Waals surface area contributed by atoms with E-state index < -0.39 is 0 Å². The second kappa shape index (κ2) is 7.39. The Morgan fingerprint density at radius 2 is 2.00 bits per heavy atom. The zero-order valence-corrected chi connectivity index (χ0v) is 12.9. The molecule has 2 nitrogen and oxygen atoms in total. The van der Waals surface area contributed by atoms with Gasteiger partial charge in [-0.05, 0) is 49.4 Å². The number of benzene rings is 1. The highest BCUT2D eigenvalue weighted by molar-refractivity contribution is 5.78. The molecule has 1 N–H and O–H groups in total. The summed E-state index contributed by atoms with van der Waals surface area (Å²) >= 11 is 0. The molecule has 0 aliphatic rings. The summed E-state index contributed by atoms with van der Waals surface area (Å²) in [6, 6.07) is 11.2. The van der Waals surface area contributed by atoms with Crippen LogP contribution in [-0.2, 0) is 0 Å². The van der Waals surface area contributed by atoms with Crippen molar-refractivity contribution >= 4 is 10.9 Å². The van der Waals surface area contributed by atoms with Crippen LogP contribution >= 0.6 is 0 Å². The first kappa shape index (κ1) is 15.0. The molecule has 1 atom stereocenters. The van der Waals surface area contributed by atoms with Crippen LogP contribution in [0.4, 0.5) is 0 Å². The lowest BCUT2D eigenvalue weighted by Crippen LogP contribution is -2.22. The number of hydrogen-bond donors (Lipinski definition) is 1. The van der Waals surface area contributed by atoms with E-state index in [1.807, 2.05) is 12.3 Å². The summed E-state index contributed by atoms with van der Waals surface area (Å²) in [6.07, 6.45) is 5.48. The molecule has 1 aromatic heterocycles. The monoisotopic (exact) mass is 270 g/mol. The van der Waals surface area contributed by atoms with E-state index in [-0.39, 0.29) is 0 Å². The Kier molecular flexibility index (Phi) is 5.54. The van der Waals surface area contributed by atoms with Gasteiger partial charge in [0.25, 0.3) is 0 Å². The van der Waals surface area contributed by atoms with Crippen molar-refractivity contribution in [3.8, 4) is 0 Å². The van der Waals surface area contributed by atoms with Gasteiger partial charge in [0, 0.05) is 17.6 Å². The second-order valence-corrected chi connectivity index (χ2v) is 5.93. The van der Waals surface area contributed by atoms with E-state index in [2.05, 4.69) is 55.3 Å². The molecule has 0 fully saturated rings. The van der Waals surface area contributed by atoms with Gasteiger partial charge >= 0.3 is 0 Å². The maximum absolute atomic E-state index is 4.47. The fourth-order valence-corrected chi connectivity index (χ4v) is 2.51. The number of nitrogens with zero attached hydrogens (tertiary/aromatic N) is 1. The molecule has 2 aromatic rings. The molecule has 0 aliphatic heterocycles. The summed E-state index contributed by atoms with van der Waals surface area (Å²) in [5.41, 5.74) is 2.46. The number of rotatable bonds is 7. The molecule has 0 radical (unpaired) electrons. The van der Waals surface area contributed by atoms with Gasteiger partial charge in [-0.15, -0.1) is 0 Å².